The van der Waals surface area contributed by atoms with E-state index >= 15 is 0 Å². The van der Waals surface area contributed by atoms with Gasteiger partial charge in [0.1, 0.15) is 0 Å². The fourth-order valence-electron chi connectivity index (χ4n) is 0.104. The van der Waals surface area contributed by atoms with E-state index in [1.807, 2.05) is 0 Å². The summed E-state index contributed by atoms with van der Waals surface area (Å²) < 4.78 is 0. The molecule has 0 aromatic rings. The molecule has 0 aliphatic heterocycles. The Bertz CT molecular complexity index is 75.6. The van der Waals surface area contributed by atoms with Crippen molar-refractivity contribution < 1.29 is 0 Å². The van der Waals surface area contributed by atoms with Crippen molar-refractivity contribution in [3.8, 4) is 0 Å². The van der Waals surface area contributed by atoms with Gasteiger partial charge < -0.3 is 5.73 Å². The lowest BCUT2D eigenvalue weighted by Gasteiger charge is -1.73. The van der Waals surface area contributed by atoms with Gasteiger partial charge in [-0.15, -0.1) is 0 Å². The van der Waals surface area contributed by atoms with E-state index in [0.717, 1.165) is 0 Å². The highest BCUT2D eigenvalue weighted by molar-refractivity contribution is 6.30. The van der Waals surface area contributed by atoms with Crippen LogP contribution in [-0.2, 0) is 0 Å². The Balaban J connectivity index is 3.30. The largest absolute Gasteiger partial charge is 0.405 e. The summed E-state index contributed by atoms with van der Waals surface area (Å²) in [5.41, 5.74) is 4.90. The summed E-state index contributed by atoms with van der Waals surface area (Å²) in [5, 5.41) is 0.456. The second-order valence-electron chi connectivity index (χ2n) is 0.806. The maximum Gasteiger partial charge on any atom is 0.0348 e. The fraction of sp³-hybridized carbons (Fsp3) is 0. The molecule has 2 heteroatoms. The van der Waals surface area contributed by atoms with E-state index in [2.05, 4.69) is 6.58 Å². The molecular formula is C4H6ClN. The van der Waals surface area contributed by atoms with Gasteiger partial charge >= 0.3 is 0 Å². The maximum atomic E-state index is 5.22. The van der Waals surface area contributed by atoms with Crippen LogP contribution in [0.25, 0.3) is 0 Å². The van der Waals surface area contributed by atoms with Gasteiger partial charge in [0.2, 0.25) is 0 Å². The summed E-state index contributed by atoms with van der Waals surface area (Å²) in [6.45, 7) is 3.34. The molecule has 0 atom stereocenters. The topological polar surface area (TPSA) is 26.0 Å². The Morgan fingerprint density at radius 3 is 2.33 bits per heavy atom. The number of rotatable bonds is 1. The summed E-state index contributed by atoms with van der Waals surface area (Å²) in [6.07, 6.45) is 2.86. The van der Waals surface area contributed by atoms with Gasteiger partial charge in [0, 0.05) is 5.03 Å². The highest BCUT2D eigenvalue weighted by atomic mass is 35.5. The zero-order valence-corrected chi connectivity index (χ0v) is 4.07. The second kappa shape index (κ2) is 2.79. The Morgan fingerprint density at radius 2 is 2.33 bits per heavy atom. The second-order valence-corrected chi connectivity index (χ2v) is 1.29. The van der Waals surface area contributed by atoms with Gasteiger partial charge in [-0.2, -0.15) is 0 Å². The molecule has 6 heavy (non-hydrogen) atoms. The molecule has 0 aromatic carbocycles. The third kappa shape index (κ3) is 3.57. The minimum absolute atomic E-state index is 0.456. The lowest BCUT2D eigenvalue weighted by molar-refractivity contribution is 1.60. The molecule has 0 fully saturated rings. The number of halogens is 1. The standard InChI is InChI=1S/C4H6ClN/c1-4(5)2-3-6/h2-3H,1,6H2/b3-2-. The summed E-state index contributed by atoms with van der Waals surface area (Å²) in [4.78, 5) is 0. The van der Waals surface area contributed by atoms with E-state index in [9.17, 15) is 0 Å². The van der Waals surface area contributed by atoms with Crippen LogP contribution in [0.3, 0.4) is 0 Å². The van der Waals surface area contributed by atoms with Crippen LogP contribution in [0.5, 0.6) is 0 Å². The lowest BCUT2D eigenvalue weighted by atomic mass is 10.6. The first-order valence-corrected chi connectivity index (χ1v) is 1.88. The predicted octanol–water partition coefficient (Wildman–Crippen LogP) is 1.21. The molecule has 0 aliphatic rings. The molecule has 0 amide bonds. The van der Waals surface area contributed by atoms with Crippen molar-refractivity contribution in [1.82, 2.24) is 0 Å². The van der Waals surface area contributed by atoms with Gasteiger partial charge in [-0.05, 0) is 12.3 Å². The first kappa shape index (κ1) is 5.57. The van der Waals surface area contributed by atoms with E-state index < -0.39 is 0 Å². The molecule has 2 N–H and O–H groups in total. The van der Waals surface area contributed by atoms with Crippen molar-refractivity contribution in [3.63, 3.8) is 0 Å². The number of allylic oxidation sites excluding steroid dienone is 2. The first-order chi connectivity index (χ1) is 2.77. The van der Waals surface area contributed by atoms with Crippen LogP contribution in [-0.4, -0.2) is 0 Å². The molecule has 0 saturated heterocycles. The van der Waals surface area contributed by atoms with Crippen molar-refractivity contribution in [2.24, 2.45) is 5.73 Å². The Hall–Kier alpha value is -0.430. The smallest absolute Gasteiger partial charge is 0.0348 e. The Kier molecular flexibility index (Phi) is 2.59. The molecule has 1 nitrogen and oxygen atoms in total. The van der Waals surface area contributed by atoms with Gasteiger partial charge in [0.05, 0.1) is 0 Å². The highest BCUT2D eigenvalue weighted by Crippen LogP contribution is 1.94. The van der Waals surface area contributed by atoms with E-state index in [0.29, 0.717) is 5.03 Å². The first-order valence-electron chi connectivity index (χ1n) is 1.50. The van der Waals surface area contributed by atoms with Gasteiger partial charge in [0.15, 0.2) is 0 Å². The van der Waals surface area contributed by atoms with Crippen molar-refractivity contribution in [3.05, 3.63) is 23.9 Å². The quantitative estimate of drug-likeness (QED) is 0.496. The average Bonchev–Trinajstić information content (AvgIpc) is 1.35. The third-order valence-electron chi connectivity index (χ3n) is 0.277. The van der Waals surface area contributed by atoms with E-state index in [4.69, 9.17) is 17.3 Å². The van der Waals surface area contributed by atoms with Crippen LogP contribution >= 0.6 is 11.6 Å². The number of hydrogen-bond donors (Lipinski definition) is 1. The Labute approximate surface area is 42.1 Å². The number of nitrogens with two attached hydrogens (primary N) is 1. The molecule has 0 saturated carbocycles. The van der Waals surface area contributed by atoms with Crippen molar-refractivity contribution in [1.29, 1.82) is 0 Å². The van der Waals surface area contributed by atoms with Crippen LogP contribution < -0.4 is 5.73 Å². The SMILES string of the molecule is C=C(Cl)/C=C\N. The van der Waals surface area contributed by atoms with Crippen LogP contribution in [0.1, 0.15) is 0 Å². The fourth-order valence-corrected chi connectivity index (χ4v) is 0.177. The normalized spacial score (nSPS) is 9.50. The summed E-state index contributed by atoms with van der Waals surface area (Å²) in [7, 11) is 0. The summed E-state index contributed by atoms with van der Waals surface area (Å²) in [5.74, 6) is 0. The van der Waals surface area contributed by atoms with Crippen LogP contribution in [0.2, 0.25) is 0 Å². The highest BCUT2D eigenvalue weighted by Gasteiger charge is 1.67. The molecule has 0 aliphatic carbocycles. The van der Waals surface area contributed by atoms with Gasteiger partial charge in [-0.3, -0.25) is 0 Å². The Morgan fingerprint density at radius 1 is 1.83 bits per heavy atom. The predicted molar refractivity (Wildman–Crippen MR) is 28.3 cm³/mol. The zero-order chi connectivity index (χ0) is 4.99. The molecule has 0 aromatic heterocycles. The average molecular weight is 104 g/mol. The van der Waals surface area contributed by atoms with Gasteiger partial charge in [-0.25, -0.2) is 0 Å². The molecule has 0 rings (SSSR count). The summed E-state index contributed by atoms with van der Waals surface area (Å²) in [6, 6.07) is 0. The zero-order valence-electron chi connectivity index (χ0n) is 3.32. The molecule has 0 radical (unpaired) electrons. The minimum Gasteiger partial charge on any atom is -0.405 e. The van der Waals surface area contributed by atoms with E-state index in [1.54, 1.807) is 0 Å². The summed E-state index contributed by atoms with van der Waals surface area (Å²) >= 11 is 5.22. The monoisotopic (exact) mass is 103 g/mol. The van der Waals surface area contributed by atoms with E-state index in [-0.39, 0.29) is 0 Å². The molecule has 0 heterocycles. The third-order valence-corrected chi connectivity index (χ3v) is 0.403. The molecule has 0 unspecified atom stereocenters. The molecule has 34 valence electrons. The van der Waals surface area contributed by atoms with Crippen molar-refractivity contribution >= 4 is 11.6 Å². The van der Waals surface area contributed by atoms with Crippen LogP contribution in [0, 0.1) is 0 Å². The van der Waals surface area contributed by atoms with Crippen molar-refractivity contribution in [2.45, 2.75) is 0 Å². The number of hydrogen-bond acceptors (Lipinski definition) is 1. The van der Waals surface area contributed by atoms with Gasteiger partial charge in [0.25, 0.3) is 0 Å². The molecular weight excluding hydrogens is 97.5 g/mol. The van der Waals surface area contributed by atoms with Crippen LogP contribution in [0.4, 0.5) is 0 Å². The molecule has 0 spiro atoms. The lowest BCUT2D eigenvalue weighted by Crippen LogP contribution is -1.73. The maximum absolute atomic E-state index is 5.22. The van der Waals surface area contributed by atoms with Crippen molar-refractivity contribution in [2.75, 3.05) is 0 Å². The molecule has 0 bridgehead atoms. The van der Waals surface area contributed by atoms with Gasteiger partial charge in [-0.1, -0.05) is 18.2 Å². The minimum atomic E-state index is 0.456. The van der Waals surface area contributed by atoms with E-state index in [1.165, 1.54) is 12.3 Å². The van der Waals surface area contributed by atoms with Crippen LogP contribution in [0.15, 0.2) is 23.9 Å².